The van der Waals surface area contributed by atoms with Gasteiger partial charge in [0, 0.05) is 5.56 Å². The number of carbonyl (C=O) groups is 1. The molecule has 0 bridgehead atoms. The molecule has 2 rings (SSSR count). The summed E-state index contributed by atoms with van der Waals surface area (Å²) in [5.74, 6) is -0.764. The Morgan fingerprint density at radius 2 is 1.89 bits per heavy atom. The van der Waals surface area contributed by atoms with Crippen molar-refractivity contribution in [2.75, 3.05) is 5.73 Å². The van der Waals surface area contributed by atoms with E-state index >= 15 is 0 Å². The predicted molar refractivity (Wildman–Crippen MR) is 65.1 cm³/mol. The smallest absolute Gasteiger partial charge is 0.270 e. The summed E-state index contributed by atoms with van der Waals surface area (Å²) in [5.41, 5.74) is 11.6. The Morgan fingerprint density at radius 1 is 1.22 bits per heavy atom. The van der Waals surface area contributed by atoms with Gasteiger partial charge in [0.1, 0.15) is 11.8 Å². The van der Waals surface area contributed by atoms with Crippen molar-refractivity contribution in [3.05, 3.63) is 41.7 Å². The van der Waals surface area contributed by atoms with Gasteiger partial charge in [-0.15, -0.1) is 0 Å². The zero-order valence-corrected chi connectivity index (χ0v) is 9.29. The summed E-state index contributed by atoms with van der Waals surface area (Å²) in [6, 6.07) is 10.8. The van der Waals surface area contributed by atoms with E-state index in [1.54, 1.807) is 18.2 Å². The summed E-state index contributed by atoms with van der Waals surface area (Å²) in [4.78, 5) is 19.0. The largest absolute Gasteiger partial charge is 0.382 e. The third-order valence-corrected chi connectivity index (χ3v) is 2.31. The number of hydrogen-bond acceptors (Lipinski definition) is 5. The first kappa shape index (κ1) is 11.5. The normalized spacial score (nSPS) is 9.72. The molecule has 6 nitrogen and oxygen atoms in total. The van der Waals surface area contributed by atoms with Gasteiger partial charge in [0.05, 0.1) is 0 Å². The van der Waals surface area contributed by atoms with Gasteiger partial charge in [0.25, 0.3) is 5.91 Å². The average Bonchev–Trinajstić information content (AvgIpc) is 2.39. The van der Waals surface area contributed by atoms with Crippen molar-refractivity contribution in [1.29, 1.82) is 5.26 Å². The highest BCUT2D eigenvalue weighted by molar-refractivity contribution is 5.93. The number of aromatic nitrogens is 2. The number of amides is 1. The van der Waals surface area contributed by atoms with E-state index in [0.717, 1.165) is 5.56 Å². The molecule has 6 heteroatoms. The first-order valence-electron chi connectivity index (χ1n) is 5.06. The van der Waals surface area contributed by atoms with Crippen molar-refractivity contribution in [2.24, 2.45) is 5.73 Å². The summed E-state index contributed by atoms with van der Waals surface area (Å²) in [6.45, 7) is 0. The Labute approximate surface area is 103 Å². The molecule has 88 valence electrons. The maximum absolute atomic E-state index is 11.1. The fourth-order valence-electron chi connectivity index (χ4n) is 1.51. The molecule has 0 aliphatic rings. The van der Waals surface area contributed by atoms with E-state index in [4.69, 9.17) is 16.7 Å². The number of nitrogens with zero attached hydrogens (tertiary/aromatic N) is 3. The van der Waals surface area contributed by atoms with E-state index in [2.05, 4.69) is 9.97 Å². The van der Waals surface area contributed by atoms with E-state index in [1.165, 1.54) is 0 Å². The first-order chi connectivity index (χ1) is 8.63. The van der Waals surface area contributed by atoms with Crippen LogP contribution in [0.25, 0.3) is 11.3 Å². The highest BCUT2D eigenvalue weighted by atomic mass is 16.1. The van der Waals surface area contributed by atoms with Gasteiger partial charge in [-0.05, 0) is 0 Å². The average molecular weight is 239 g/mol. The van der Waals surface area contributed by atoms with Crippen LogP contribution in [0.5, 0.6) is 0 Å². The number of nitriles is 1. The van der Waals surface area contributed by atoms with Crippen LogP contribution in [0, 0.1) is 11.3 Å². The molecule has 2 aromatic rings. The monoisotopic (exact) mass is 239 g/mol. The number of nitrogens with two attached hydrogens (primary N) is 2. The minimum atomic E-state index is -0.828. The summed E-state index contributed by atoms with van der Waals surface area (Å²) in [5, 5.41) is 8.93. The van der Waals surface area contributed by atoms with Crippen molar-refractivity contribution in [3.63, 3.8) is 0 Å². The number of primary amides is 1. The molecule has 0 radical (unpaired) electrons. The molecule has 1 aromatic carbocycles. The number of benzene rings is 1. The highest BCUT2D eigenvalue weighted by Gasteiger charge is 2.16. The van der Waals surface area contributed by atoms with Gasteiger partial charge in [0.15, 0.2) is 17.2 Å². The van der Waals surface area contributed by atoms with E-state index in [9.17, 15) is 4.79 Å². The van der Waals surface area contributed by atoms with Gasteiger partial charge in [-0.3, -0.25) is 4.79 Å². The van der Waals surface area contributed by atoms with Crippen LogP contribution in [0.1, 0.15) is 16.2 Å². The molecule has 0 fully saturated rings. The van der Waals surface area contributed by atoms with Gasteiger partial charge in [-0.25, -0.2) is 9.97 Å². The molecular formula is C12H9N5O. The molecule has 0 aliphatic heterocycles. The molecule has 18 heavy (non-hydrogen) atoms. The van der Waals surface area contributed by atoms with Gasteiger partial charge < -0.3 is 11.5 Å². The van der Waals surface area contributed by atoms with Crippen molar-refractivity contribution in [1.82, 2.24) is 9.97 Å². The summed E-state index contributed by atoms with van der Waals surface area (Å²) < 4.78 is 0. The second-order valence-corrected chi connectivity index (χ2v) is 3.50. The second kappa shape index (κ2) is 4.51. The fourth-order valence-corrected chi connectivity index (χ4v) is 1.51. The molecule has 0 aliphatic carbocycles. The molecule has 1 aromatic heterocycles. The van der Waals surface area contributed by atoms with Gasteiger partial charge in [0.2, 0.25) is 0 Å². The van der Waals surface area contributed by atoms with E-state index in [0.29, 0.717) is 5.69 Å². The van der Waals surface area contributed by atoms with Crippen molar-refractivity contribution in [2.45, 2.75) is 0 Å². The molecule has 0 spiro atoms. The third-order valence-electron chi connectivity index (χ3n) is 2.31. The minimum Gasteiger partial charge on any atom is -0.382 e. The second-order valence-electron chi connectivity index (χ2n) is 3.50. The zero-order chi connectivity index (χ0) is 13.1. The summed E-state index contributed by atoms with van der Waals surface area (Å²) in [6.07, 6.45) is 0. The van der Waals surface area contributed by atoms with Crippen LogP contribution in [0.2, 0.25) is 0 Å². The first-order valence-corrected chi connectivity index (χ1v) is 5.06. The Hall–Kier alpha value is -2.94. The van der Waals surface area contributed by atoms with Crippen LogP contribution < -0.4 is 11.5 Å². The van der Waals surface area contributed by atoms with Crippen molar-refractivity contribution < 1.29 is 4.79 Å². The standard InChI is InChI=1S/C12H9N5O/c13-6-8-10(12(15)18)17-11(14)9(16-8)7-4-2-1-3-5-7/h1-5H,(H2,14,17)(H2,15,18). The van der Waals surface area contributed by atoms with Crippen molar-refractivity contribution in [3.8, 4) is 17.3 Å². The number of nitrogen functional groups attached to an aromatic ring is 1. The Kier molecular flexibility index (Phi) is 2.89. The van der Waals surface area contributed by atoms with Crippen LogP contribution in [0.4, 0.5) is 5.82 Å². The lowest BCUT2D eigenvalue weighted by molar-refractivity contribution is 0.0995. The molecular weight excluding hydrogens is 230 g/mol. The third kappa shape index (κ3) is 1.97. The van der Waals surface area contributed by atoms with Crippen LogP contribution in [-0.2, 0) is 0 Å². The van der Waals surface area contributed by atoms with Gasteiger partial charge in [-0.2, -0.15) is 5.26 Å². The maximum Gasteiger partial charge on any atom is 0.270 e. The molecule has 0 saturated heterocycles. The lowest BCUT2D eigenvalue weighted by Crippen LogP contribution is -2.17. The Bertz CT molecular complexity index is 646. The van der Waals surface area contributed by atoms with Gasteiger partial charge in [-0.1, -0.05) is 30.3 Å². The van der Waals surface area contributed by atoms with Crippen LogP contribution >= 0.6 is 0 Å². The van der Waals surface area contributed by atoms with Crippen molar-refractivity contribution >= 4 is 11.7 Å². The summed E-state index contributed by atoms with van der Waals surface area (Å²) in [7, 11) is 0. The van der Waals surface area contributed by atoms with E-state index < -0.39 is 5.91 Å². The van der Waals surface area contributed by atoms with Crippen LogP contribution in [0.3, 0.4) is 0 Å². The number of hydrogen-bond donors (Lipinski definition) is 2. The Morgan fingerprint density at radius 3 is 2.44 bits per heavy atom. The quantitative estimate of drug-likeness (QED) is 0.799. The van der Waals surface area contributed by atoms with Gasteiger partial charge >= 0.3 is 0 Å². The molecule has 0 atom stereocenters. The molecule has 0 saturated carbocycles. The number of anilines is 1. The molecule has 1 heterocycles. The SMILES string of the molecule is N#Cc1nc(-c2ccccc2)c(N)nc1C(N)=O. The lowest BCUT2D eigenvalue weighted by atomic mass is 10.1. The maximum atomic E-state index is 11.1. The highest BCUT2D eigenvalue weighted by Crippen LogP contribution is 2.22. The Balaban J connectivity index is 2.66. The lowest BCUT2D eigenvalue weighted by Gasteiger charge is -2.06. The predicted octanol–water partition coefficient (Wildman–Crippen LogP) is 0.696. The summed E-state index contributed by atoms with van der Waals surface area (Å²) >= 11 is 0. The number of rotatable bonds is 2. The minimum absolute atomic E-state index is 0.0639. The fraction of sp³-hybridized carbons (Fsp3) is 0. The van der Waals surface area contributed by atoms with E-state index in [1.807, 2.05) is 18.2 Å². The van der Waals surface area contributed by atoms with Crippen LogP contribution in [0.15, 0.2) is 30.3 Å². The zero-order valence-electron chi connectivity index (χ0n) is 9.29. The van der Waals surface area contributed by atoms with E-state index in [-0.39, 0.29) is 17.2 Å². The number of carbonyl (C=O) groups excluding carboxylic acids is 1. The van der Waals surface area contributed by atoms with Crippen LogP contribution in [-0.4, -0.2) is 15.9 Å². The topological polar surface area (TPSA) is 119 Å². The molecule has 1 amide bonds. The molecule has 0 unspecified atom stereocenters. The molecule has 4 N–H and O–H groups in total.